The zero-order valence-electron chi connectivity index (χ0n) is 16.7. The molecule has 0 unspecified atom stereocenters. The Labute approximate surface area is 176 Å². The second-order valence-corrected chi connectivity index (χ2v) is 9.32. The van der Waals surface area contributed by atoms with Crippen molar-refractivity contribution in [3.8, 4) is 0 Å². The van der Waals surface area contributed by atoms with Gasteiger partial charge in [0.25, 0.3) is 0 Å². The molecule has 7 nitrogen and oxygen atoms in total. The molecule has 2 amide bonds. The lowest BCUT2D eigenvalue weighted by Crippen LogP contribution is -2.42. The summed E-state index contributed by atoms with van der Waals surface area (Å²) in [6.45, 7) is 0.101. The topological polar surface area (TPSA) is 105 Å². The van der Waals surface area contributed by atoms with E-state index in [2.05, 4.69) is 16.7 Å². The summed E-state index contributed by atoms with van der Waals surface area (Å²) < 4.78 is 31.4. The SMILES string of the molecule is O=C(NCCC1=CCCCC1)C(=O)NC[C@@H](c1ccco1)S(=O)(=O)c1ccccc1. The molecule has 1 aromatic carbocycles. The largest absolute Gasteiger partial charge is 0.468 e. The smallest absolute Gasteiger partial charge is 0.309 e. The normalized spacial score (nSPS) is 15.1. The number of amides is 2. The van der Waals surface area contributed by atoms with Crippen molar-refractivity contribution in [3.63, 3.8) is 0 Å². The van der Waals surface area contributed by atoms with Crippen LogP contribution in [0.4, 0.5) is 0 Å². The first-order chi connectivity index (χ1) is 14.5. The van der Waals surface area contributed by atoms with Crippen molar-refractivity contribution in [3.05, 3.63) is 66.1 Å². The van der Waals surface area contributed by atoms with Gasteiger partial charge in [0.1, 0.15) is 11.0 Å². The molecule has 0 radical (unpaired) electrons. The van der Waals surface area contributed by atoms with Crippen LogP contribution in [0.5, 0.6) is 0 Å². The van der Waals surface area contributed by atoms with Gasteiger partial charge in [0.05, 0.1) is 11.2 Å². The fraction of sp³-hybridized carbons (Fsp3) is 0.364. The van der Waals surface area contributed by atoms with Gasteiger partial charge in [-0.05, 0) is 56.4 Å². The van der Waals surface area contributed by atoms with Crippen molar-refractivity contribution < 1.29 is 22.4 Å². The molecular weight excluding hydrogens is 404 g/mol. The summed E-state index contributed by atoms with van der Waals surface area (Å²) in [6.07, 6.45) is 8.73. The summed E-state index contributed by atoms with van der Waals surface area (Å²) in [4.78, 5) is 24.4. The highest BCUT2D eigenvalue weighted by Crippen LogP contribution is 2.28. The van der Waals surface area contributed by atoms with Crippen LogP contribution in [0.1, 0.15) is 43.1 Å². The van der Waals surface area contributed by atoms with Crippen molar-refractivity contribution in [1.82, 2.24) is 10.6 Å². The van der Waals surface area contributed by atoms with E-state index in [9.17, 15) is 18.0 Å². The van der Waals surface area contributed by atoms with E-state index >= 15 is 0 Å². The van der Waals surface area contributed by atoms with Crippen molar-refractivity contribution in [2.24, 2.45) is 0 Å². The molecule has 30 heavy (non-hydrogen) atoms. The molecule has 2 aromatic rings. The molecule has 0 spiro atoms. The van der Waals surface area contributed by atoms with Gasteiger partial charge in [0, 0.05) is 13.1 Å². The molecule has 8 heteroatoms. The first-order valence-electron chi connectivity index (χ1n) is 10.0. The summed E-state index contributed by atoms with van der Waals surface area (Å²) in [6, 6.07) is 11.1. The van der Waals surface area contributed by atoms with Gasteiger partial charge in [0.2, 0.25) is 0 Å². The fourth-order valence-corrected chi connectivity index (χ4v) is 5.03. The van der Waals surface area contributed by atoms with Crippen LogP contribution in [0, 0.1) is 0 Å². The van der Waals surface area contributed by atoms with E-state index in [1.54, 1.807) is 24.3 Å². The van der Waals surface area contributed by atoms with Gasteiger partial charge in [-0.2, -0.15) is 0 Å². The zero-order chi connectivity index (χ0) is 21.4. The monoisotopic (exact) mass is 430 g/mol. The van der Waals surface area contributed by atoms with Gasteiger partial charge in [0.15, 0.2) is 9.84 Å². The van der Waals surface area contributed by atoms with Crippen LogP contribution < -0.4 is 10.6 Å². The third-order valence-electron chi connectivity index (χ3n) is 5.08. The predicted octanol–water partition coefficient (Wildman–Crippen LogP) is 2.92. The van der Waals surface area contributed by atoms with Crippen LogP contribution in [0.25, 0.3) is 0 Å². The lowest BCUT2D eigenvalue weighted by atomic mass is 9.97. The number of nitrogens with one attached hydrogen (secondary N) is 2. The quantitative estimate of drug-likeness (QED) is 0.495. The minimum Gasteiger partial charge on any atom is -0.468 e. The number of sulfone groups is 1. The number of hydrogen-bond donors (Lipinski definition) is 2. The number of benzene rings is 1. The first kappa shape index (κ1) is 21.8. The molecule has 0 bridgehead atoms. The van der Waals surface area contributed by atoms with Crippen molar-refractivity contribution in [1.29, 1.82) is 0 Å². The average molecular weight is 431 g/mol. The second kappa shape index (κ2) is 10.2. The molecule has 160 valence electrons. The van der Waals surface area contributed by atoms with Gasteiger partial charge < -0.3 is 15.1 Å². The molecule has 1 aromatic heterocycles. The van der Waals surface area contributed by atoms with Gasteiger partial charge in [-0.15, -0.1) is 0 Å². The second-order valence-electron chi connectivity index (χ2n) is 7.19. The molecule has 0 saturated heterocycles. The first-order valence-corrected chi connectivity index (χ1v) is 11.6. The Hall–Kier alpha value is -2.87. The van der Waals surface area contributed by atoms with Crippen LogP contribution in [-0.4, -0.2) is 33.3 Å². The van der Waals surface area contributed by atoms with Crippen LogP contribution in [0.15, 0.2) is 69.7 Å². The summed E-state index contributed by atoms with van der Waals surface area (Å²) in [5.74, 6) is -1.45. The van der Waals surface area contributed by atoms with Gasteiger partial charge in [-0.25, -0.2) is 8.42 Å². The van der Waals surface area contributed by atoms with E-state index in [-0.39, 0.29) is 17.2 Å². The summed E-state index contributed by atoms with van der Waals surface area (Å²) in [7, 11) is -3.82. The lowest BCUT2D eigenvalue weighted by Gasteiger charge is -2.17. The number of allylic oxidation sites excluding steroid dienone is 1. The van der Waals surface area contributed by atoms with E-state index in [1.165, 1.54) is 36.5 Å². The summed E-state index contributed by atoms with van der Waals surface area (Å²) >= 11 is 0. The van der Waals surface area contributed by atoms with E-state index < -0.39 is 26.9 Å². The Balaban J connectivity index is 1.59. The Kier molecular flexibility index (Phi) is 7.46. The summed E-state index contributed by atoms with van der Waals surface area (Å²) in [5, 5.41) is 3.88. The third-order valence-corrected chi connectivity index (χ3v) is 7.16. The van der Waals surface area contributed by atoms with E-state index in [0.717, 1.165) is 25.7 Å². The number of hydrogen-bond acceptors (Lipinski definition) is 5. The van der Waals surface area contributed by atoms with Gasteiger partial charge in [-0.1, -0.05) is 29.8 Å². The maximum absolute atomic E-state index is 13.0. The van der Waals surface area contributed by atoms with Crippen molar-refractivity contribution in [2.75, 3.05) is 13.1 Å². The average Bonchev–Trinajstić information content (AvgIpc) is 3.29. The lowest BCUT2D eigenvalue weighted by molar-refractivity contribution is -0.139. The van der Waals surface area contributed by atoms with Crippen molar-refractivity contribution >= 4 is 21.7 Å². The van der Waals surface area contributed by atoms with Gasteiger partial charge in [-0.3, -0.25) is 9.59 Å². The third kappa shape index (κ3) is 5.60. The predicted molar refractivity (Wildman–Crippen MR) is 112 cm³/mol. The van der Waals surface area contributed by atoms with E-state index in [4.69, 9.17) is 4.42 Å². The summed E-state index contributed by atoms with van der Waals surface area (Å²) in [5.41, 5.74) is 1.30. The Morgan fingerprint density at radius 1 is 1.00 bits per heavy atom. The molecule has 0 saturated carbocycles. The highest BCUT2D eigenvalue weighted by Gasteiger charge is 2.32. The van der Waals surface area contributed by atoms with E-state index in [0.29, 0.717) is 6.54 Å². The fourth-order valence-electron chi connectivity index (χ4n) is 3.43. The standard InChI is InChI=1S/C22H26N2O5S/c25-21(23-14-13-17-8-3-1-4-9-17)22(26)24-16-20(19-12-7-15-29-19)30(27,28)18-10-5-2-6-11-18/h2,5-8,10-12,15,20H,1,3-4,9,13-14,16H2,(H,23,25)(H,24,26)/t20-/m0/s1. The molecule has 2 N–H and O–H groups in total. The Morgan fingerprint density at radius 3 is 2.43 bits per heavy atom. The number of rotatable bonds is 8. The minimum atomic E-state index is -3.82. The molecule has 1 aliphatic carbocycles. The Bertz CT molecular complexity index is 982. The van der Waals surface area contributed by atoms with Gasteiger partial charge >= 0.3 is 11.8 Å². The molecule has 0 aliphatic heterocycles. The van der Waals surface area contributed by atoms with Crippen LogP contribution >= 0.6 is 0 Å². The highest BCUT2D eigenvalue weighted by molar-refractivity contribution is 7.91. The molecule has 1 aliphatic rings. The maximum atomic E-state index is 13.0. The van der Waals surface area contributed by atoms with Crippen molar-refractivity contribution in [2.45, 2.75) is 42.2 Å². The molecule has 1 heterocycles. The Morgan fingerprint density at radius 2 is 1.77 bits per heavy atom. The molecular formula is C22H26N2O5S. The molecule has 0 fully saturated rings. The zero-order valence-corrected chi connectivity index (χ0v) is 17.5. The maximum Gasteiger partial charge on any atom is 0.309 e. The van der Waals surface area contributed by atoms with E-state index in [1.807, 2.05) is 0 Å². The van der Waals surface area contributed by atoms with Crippen LogP contribution in [0.2, 0.25) is 0 Å². The highest BCUT2D eigenvalue weighted by atomic mass is 32.2. The molecule has 1 atom stereocenters. The number of carbonyl (C=O) groups excluding carboxylic acids is 2. The molecule has 3 rings (SSSR count). The minimum absolute atomic E-state index is 0.117. The number of furan rings is 1. The van der Waals surface area contributed by atoms with Crippen LogP contribution in [0.3, 0.4) is 0 Å². The van der Waals surface area contributed by atoms with Crippen LogP contribution in [-0.2, 0) is 19.4 Å². The number of carbonyl (C=O) groups is 2.